The molecule has 0 saturated carbocycles. The van der Waals surface area contributed by atoms with Crippen molar-refractivity contribution in [3.8, 4) is 11.5 Å². The van der Waals surface area contributed by atoms with Gasteiger partial charge in [0.2, 0.25) is 0 Å². The maximum Gasteiger partial charge on any atom is 0.261 e. The van der Waals surface area contributed by atoms with E-state index >= 15 is 0 Å². The second-order valence-corrected chi connectivity index (χ2v) is 6.00. The summed E-state index contributed by atoms with van der Waals surface area (Å²) in [4.78, 5) is 16.7. The van der Waals surface area contributed by atoms with E-state index in [1.807, 2.05) is 13.0 Å². The smallest absolute Gasteiger partial charge is 0.261 e. The number of ether oxygens (including phenoxy) is 2. The molecule has 0 aliphatic carbocycles. The van der Waals surface area contributed by atoms with E-state index in [0.29, 0.717) is 22.9 Å². The minimum atomic E-state index is -0.388. The number of anilines is 1. The van der Waals surface area contributed by atoms with Crippen molar-refractivity contribution < 1.29 is 14.3 Å². The van der Waals surface area contributed by atoms with Crippen LogP contribution in [0, 0.1) is 6.92 Å². The van der Waals surface area contributed by atoms with Crippen LogP contribution < -0.4 is 20.1 Å². The number of aromatic nitrogens is 1. The van der Waals surface area contributed by atoms with Gasteiger partial charge in [-0.05, 0) is 59.3 Å². The molecule has 126 valence electrons. The van der Waals surface area contributed by atoms with Gasteiger partial charge >= 0.3 is 0 Å². The topological polar surface area (TPSA) is 72.5 Å². The predicted octanol–water partition coefficient (Wildman–Crippen LogP) is 3.30. The Balaban J connectivity index is 2.08. The normalized spacial score (nSPS) is 10.0. The zero-order valence-electron chi connectivity index (χ0n) is 13.3. The van der Waals surface area contributed by atoms with Crippen molar-refractivity contribution in [3.05, 3.63) is 46.1 Å². The van der Waals surface area contributed by atoms with E-state index < -0.39 is 0 Å². The van der Waals surface area contributed by atoms with Gasteiger partial charge in [0.1, 0.15) is 17.3 Å². The van der Waals surface area contributed by atoms with Crippen LogP contribution in [0.15, 0.2) is 34.8 Å². The molecule has 2 aromatic rings. The molecular formula is C16H16BrN3O3S. The van der Waals surface area contributed by atoms with Crippen LogP contribution in [0.25, 0.3) is 0 Å². The van der Waals surface area contributed by atoms with Crippen LogP contribution in [-0.2, 0) is 0 Å². The maximum absolute atomic E-state index is 12.4. The molecule has 1 amide bonds. The highest BCUT2D eigenvalue weighted by Crippen LogP contribution is 2.24. The highest BCUT2D eigenvalue weighted by Gasteiger charge is 2.15. The molecule has 0 unspecified atom stereocenters. The highest BCUT2D eigenvalue weighted by atomic mass is 79.9. The lowest BCUT2D eigenvalue weighted by Crippen LogP contribution is -2.34. The number of thiocarbonyl (C=S) groups is 1. The van der Waals surface area contributed by atoms with E-state index in [4.69, 9.17) is 21.7 Å². The maximum atomic E-state index is 12.4. The monoisotopic (exact) mass is 409 g/mol. The van der Waals surface area contributed by atoms with Gasteiger partial charge in [0.05, 0.1) is 25.5 Å². The molecule has 8 heteroatoms. The van der Waals surface area contributed by atoms with E-state index in [0.717, 1.165) is 10.2 Å². The fraction of sp³-hybridized carbons (Fsp3) is 0.188. The Kier molecular flexibility index (Phi) is 6.10. The molecule has 1 aromatic carbocycles. The Morgan fingerprint density at radius 3 is 2.58 bits per heavy atom. The molecule has 6 nitrogen and oxygen atoms in total. The SMILES string of the molecule is COc1ccc(C(=O)NC(=S)Nc2ccc(Br)c(C)n2)c(OC)c1. The number of benzene rings is 1. The molecule has 0 aliphatic rings. The predicted molar refractivity (Wildman–Crippen MR) is 99.9 cm³/mol. The third kappa shape index (κ3) is 4.42. The van der Waals surface area contributed by atoms with Gasteiger partial charge < -0.3 is 14.8 Å². The van der Waals surface area contributed by atoms with Gasteiger partial charge in [0.25, 0.3) is 5.91 Å². The Hall–Kier alpha value is -2.19. The van der Waals surface area contributed by atoms with Crippen LogP contribution in [0.5, 0.6) is 11.5 Å². The third-order valence-electron chi connectivity index (χ3n) is 3.14. The summed E-state index contributed by atoms with van der Waals surface area (Å²) in [6.07, 6.45) is 0. The number of nitrogens with zero attached hydrogens (tertiary/aromatic N) is 1. The molecule has 1 aromatic heterocycles. The Morgan fingerprint density at radius 1 is 1.21 bits per heavy atom. The fourth-order valence-corrected chi connectivity index (χ4v) is 2.34. The number of hydrogen-bond acceptors (Lipinski definition) is 5. The van der Waals surface area contributed by atoms with Crippen LogP contribution in [0.3, 0.4) is 0 Å². The van der Waals surface area contributed by atoms with E-state index in [2.05, 4.69) is 31.5 Å². The van der Waals surface area contributed by atoms with Gasteiger partial charge in [-0.2, -0.15) is 0 Å². The first-order valence-electron chi connectivity index (χ1n) is 6.92. The number of rotatable bonds is 4. The minimum absolute atomic E-state index is 0.145. The van der Waals surface area contributed by atoms with Crippen LogP contribution in [0.2, 0.25) is 0 Å². The van der Waals surface area contributed by atoms with Gasteiger partial charge in [-0.25, -0.2) is 4.98 Å². The summed E-state index contributed by atoms with van der Waals surface area (Å²) in [6.45, 7) is 1.86. The standard InChI is InChI=1S/C16H16BrN3O3S/c1-9-12(17)6-7-14(18-9)19-16(24)20-15(21)11-5-4-10(22-2)8-13(11)23-3/h4-8H,1-3H3,(H2,18,19,20,21,24). The summed E-state index contributed by atoms with van der Waals surface area (Å²) in [5.41, 5.74) is 1.16. The average Bonchev–Trinajstić information content (AvgIpc) is 2.57. The Labute approximate surface area is 153 Å². The van der Waals surface area contributed by atoms with E-state index in [9.17, 15) is 4.79 Å². The highest BCUT2D eigenvalue weighted by molar-refractivity contribution is 9.10. The molecule has 0 bridgehead atoms. The number of carbonyl (C=O) groups is 1. The lowest BCUT2D eigenvalue weighted by atomic mass is 10.2. The first-order chi connectivity index (χ1) is 11.4. The number of carbonyl (C=O) groups excluding carboxylic acids is 1. The van der Waals surface area contributed by atoms with Crippen molar-refractivity contribution in [3.63, 3.8) is 0 Å². The van der Waals surface area contributed by atoms with Crippen LogP contribution in [0.1, 0.15) is 16.1 Å². The lowest BCUT2D eigenvalue weighted by Gasteiger charge is -2.12. The number of nitrogens with one attached hydrogen (secondary N) is 2. The molecule has 0 radical (unpaired) electrons. The third-order valence-corrected chi connectivity index (χ3v) is 4.19. The lowest BCUT2D eigenvalue weighted by molar-refractivity contribution is 0.0974. The molecule has 0 fully saturated rings. The number of aryl methyl sites for hydroxylation is 1. The molecule has 0 saturated heterocycles. The fourth-order valence-electron chi connectivity index (χ4n) is 1.92. The van der Waals surface area contributed by atoms with E-state index in [1.165, 1.54) is 7.11 Å². The number of amides is 1. The zero-order chi connectivity index (χ0) is 17.7. The number of hydrogen-bond donors (Lipinski definition) is 2. The van der Waals surface area contributed by atoms with Crippen molar-refractivity contribution in [1.82, 2.24) is 10.3 Å². The quantitative estimate of drug-likeness (QED) is 0.754. The first kappa shape index (κ1) is 18.2. The molecular weight excluding hydrogens is 394 g/mol. The molecule has 2 rings (SSSR count). The van der Waals surface area contributed by atoms with Crippen molar-refractivity contribution in [2.75, 3.05) is 19.5 Å². The number of pyridine rings is 1. The summed E-state index contributed by atoms with van der Waals surface area (Å²) < 4.78 is 11.2. The molecule has 2 N–H and O–H groups in total. The number of halogens is 1. The van der Waals surface area contributed by atoms with Gasteiger partial charge in [0.15, 0.2) is 5.11 Å². The summed E-state index contributed by atoms with van der Waals surface area (Å²) in [5.74, 6) is 1.15. The van der Waals surface area contributed by atoms with Gasteiger partial charge in [-0.3, -0.25) is 10.1 Å². The van der Waals surface area contributed by atoms with Gasteiger partial charge in [0, 0.05) is 10.5 Å². The second kappa shape index (κ2) is 8.07. The molecule has 0 aliphatic heterocycles. The number of methoxy groups -OCH3 is 2. The van der Waals surface area contributed by atoms with Gasteiger partial charge in [-0.15, -0.1) is 0 Å². The Morgan fingerprint density at radius 2 is 1.96 bits per heavy atom. The van der Waals surface area contributed by atoms with Crippen molar-refractivity contribution >= 4 is 45.0 Å². The molecule has 24 heavy (non-hydrogen) atoms. The largest absolute Gasteiger partial charge is 0.497 e. The second-order valence-electron chi connectivity index (χ2n) is 4.74. The molecule has 1 heterocycles. The summed E-state index contributed by atoms with van der Waals surface area (Å²) >= 11 is 8.53. The van der Waals surface area contributed by atoms with Crippen molar-refractivity contribution in [1.29, 1.82) is 0 Å². The summed E-state index contributed by atoms with van der Waals surface area (Å²) in [7, 11) is 3.03. The van der Waals surface area contributed by atoms with Gasteiger partial charge in [-0.1, -0.05) is 0 Å². The summed E-state index contributed by atoms with van der Waals surface area (Å²) in [5, 5.41) is 5.62. The van der Waals surface area contributed by atoms with Crippen molar-refractivity contribution in [2.45, 2.75) is 6.92 Å². The Bertz CT molecular complexity index is 783. The first-order valence-corrected chi connectivity index (χ1v) is 8.12. The molecule has 0 spiro atoms. The zero-order valence-corrected chi connectivity index (χ0v) is 15.7. The average molecular weight is 410 g/mol. The minimum Gasteiger partial charge on any atom is -0.497 e. The van der Waals surface area contributed by atoms with Crippen LogP contribution >= 0.6 is 28.1 Å². The van der Waals surface area contributed by atoms with E-state index in [-0.39, 0.29) is 11.0 Å². The van der Waals surface area contributed by atoms with Crippen molar-refractivity contribution in [2.24, 2.45) is 0 Å². The van der Waals surface area contributed by atoms with Crippen LogP contribution in [-0.4, -0.2) is 30.2 Å². The molecule has 0 atom stereocenters. The van der Waals surface area contributed by atoms with Crippen LogP contribution in [0.4, 0.5) is 5.82 Å². The summed E-state index contributed by atoms with van der Waals surface area (Å²) in [6, 6.07) is 8.52. The van der Waals surface area contributed by atoms with E-state index in [1.54, 1.807) is 31.4 Å².